The van der Waals surface area contributed by atoms with Crippen LogP contribution in [-0.2, 0) is 39.1 Å². The van der Waals surface area contributed by atoms with Crippen LogP contribution in [0.3, 0.4) is 0 Å². The van der Waals surface area contributed by atoms with Gasteiger partial charge < -0.3 is 19.3 Å². The minimum Gasteiger partial charge on any atom is -0.489 e. The monoisotopic (exact) mass is 634 g/mol. The minimum atomic E-state index is 0.545. The van der Waals surface area contributed by atoms with E-state index in [1.807, 2.05) is 12.1 Å². The molecule has 2 heterocycles. The van der Waals surface area contributed by atoms with E-state index in [0.717, 1.165) is 71.4 Å². The lowest BCUT2D eigenvalue weighted by Crippen LogP contribution is -2.10. The Balaban J connectivity index is 0.941. The summed E-state index contributed by atoms with van der Waals surface area (Å²) in [6, 6.07) is 38.3. The van der Waals surface area contributed by atoms with Crippen LogP contribution in [0, 0.1) is 0 Å². The van der Waals surface area contributed by atoms with Gasteiger partial charge in [-0.15, -0.1) is 0 Å². The van der Waals surface area contributed by atoms with Gasteiger partial charge in [0.15, 0.2) is 0 Å². The van der Waals surface area contributed by atoms with Crippen molar-refractivity contribution in [3.8, 4) is 11.5 Å². The first-order valence-corrected chi connectivity index (χ1v) is 16.6. The first-order chi connectivity index (χ1) is 23.3. The van der Waals surface area contributed by atoms with Crippen molar-refractivity contribution in [1.29, 1.82) is 0 Å². The zero-order valence-corrected chi connectivity index (χ0v) is 28.2. The van der Waals surface area contributed by atoms with Crippen LogP contribution < -0.4 is 9.47 Å². The Hall–Kier alpha value is -5.04. The highest BCUT2D eigenvalue weighted by molar-refractivity contribution is 6.09. The normalized spacial score (nSPS) is 13.4. The Morgan fingerprint density at radius 3 is 1.33 bits per heavy atom. The van der Waals surface area contributed by atoms with Gasteiger partial charge in [0.25, 0.3) is 0 Å². The van der Waals surface area contributed by atoms with E-state index in [4.69, 9.17) is 19.5 Å². The van der Waals surface area contributed by atoms with Crippen LogP contribution in [0.4, 0.5) is 11.4 Å². The smallest absolute Gasteiger partial charge is 0.120 e. The molecule has 5 aromatic rings. The minimum absolute atomic E-state index is 0.545. The predicted molar refractivity (Wildman–Crippen MR) is 195 cm³/mol. The van der Waals surface area contributed by atoms with Crippen LogP contribution in [0.15, 0.2) is 119 Å². The fourth-order valence-corrected chi connectivity index (χ4v) is 6.42. The summed E-state index contributed by atoms with van der Waals surface area (Å²) in [5, 5.41) is 0. The lowest BCUT2D eigenvalue weighted by atomic mass is 9.99. The highest BCUT2D eigenvalue weighted by Gasteiger charge is 2.20. The number of aliphatic imine (C=N–C) groups is 2. The zero-order valence-electron chi connectivity index (χ0n) is 28.2. The molecule has 0 unspecified atom stereocenters. The quantitative estimate of drug-likeness (QED) is 0.139. The molecule has 0 bridgehead atoms. The van der Waals surface area contributed by atoms with Crippen molar-refractivity contribution in [1.82, 2.24) is 9.80 Å². The molecule has 2 aliphatic heterocycles. The molecule has 0 saturated carbocycles. The van der Waals surface area contributed by atoms with Gasteiger partial charge in [-0.3, -0.25) is 9.98 Å². The molecule has 0 saturated heterocycles. The second kappa shape index (κ2) is 14.0. The maximum absolute atomic E-state index is 6.19. The van der Waals surface area contributed by atoms with Gasteiger partial charge in [0.1, 0.15) is 24.7 Å². The Labute approximate surface area is 284 Å². The van der Waals surface area contributed by atoms with Crippen molar-refractivity contribution < 1.29 is 9.47 Å². The van der Waals surface area contributed by atoms with Gasteiger partial charge in [-0.25, -0.2) is 0 Å². The molecule has 0 aromatic heterocycles. The van der Waals surface area contributed by atoms with Crippen LogP contribution in [-0.4, -0.2) is 49.4 Å². The van der Waals surface area contributed by atoms with E-state index in [1.165, 1.54) is 33.4 Å². The predicted octanol–water partition coefficient (Wildman–Crippen LogP) is 8.32. The molecule has 0 spiro atoms. The molecular weight excluding hydrogens is 592 g/mol. The lowest BCUT2D eigenvalue weighted by Gasteiger charge is -2.12. The summed E-state index contributed by atoms with van der Waals surface area (Å²) in [7, 11) is 8.34. The van der Waals surface area contributed by atoms with E-state index >= 15 is 0 Å². The third-order valence-corrected chi connectivity index (χ3v) is 8.67. The summed E-state index contributed by atoms with van der Waals surface area (Å²) < 4.78 is 12.4. The summed E-state index contributed by atoms with van der Waals surface area (Å²) in [6.45, 7) is 2.92. The third kappa shape index (κ3) is 7.57. The van der Waals surface area contributed by atoms with Gasteiger partial charge in [0.05, 0.1) is 22.8 Å². The first-order valence-electron chi connectivity index (χ1n) is 16.6. The topological polar surface area (TPSA) is 49.7 Å². The molecule has 5 aromatic carbocycles. The molecule has 2 aliphatic rings. The summed E-state index contributed by atoms with van der Waals surface area (Å²) >= 11 is 0. The highest BCUT2D eigenvalue weighted by Crippen LogP contribution is 2.34. The Morgan fingerprint density at radius 2 is 0.917 bits per heavy atom. The first kappa shape index (κ1) is 31.6. The van der Waals surface area contributed by atoms with Crippen LogP contribution in [0.1, 0.15) is 44.5 Å². The molecule has 0 aliphatic carbocycles. The molecule has 7 rings (SSSR count). The van der Waals surface area contributed by atoms with Crippen molar-refractivity contribution in [2.24, 2.45) is 9.98 Å². The van der Waals surface area contributed by atoms with Gasteiger partial charge in [-0.2, -0.15) is 0 Å². The number of ether oxygens (including phenoxy) is 2. The Bertz CT molecular complexity index is 1850. The summed E-state index contributed by atoms with van der Waals surface area (Å²) in [6.07, 6.45) is 1.58. The molecule has 6 nitrogen and oxygen atoms in total. The van der Waals surface area contributed by atoms with Gasteiger partial charge in [-0.05, 0) is 109 Å². The van der Waals surface area contributed by atoms with E-state index in [0.29, 0.717) is 13.2 Å². The third-order valence-electron chi connectivity index (χ3n) is 8.67. The van der Waals surface area contributed by atoms with Gasteiger partial charge >= 0.3 is 0 Å². The van der Waals surface area contributed by atoms with Crippen LogP contribution in [0.5, 0.6) is 11.5 Å². The molecular formula is C42H42N4O2. The maximum Gasteiger partial charge on any atom is 0.120 e. The van der Waals surface area contributed by atoms with Crippen LogP contribution in [0.25, 0.3) is 0 Å². The molecule has 0 amide bonds. The second-order valence-electron chi connectivity index (χ2n) is 13.3. The molecule has 242 valence electrons. The van der Waals surface area contributed by atoms with Gasteiger partial charge in [-0.1, -0.05) is 72.8 Å². The molecule has 48 heavy (non-hydrogen) atoms. The second-order valence-corrected chi connectivity index (χ2v) is 13.3. The van der Waals surface area contributed by atoms with Gasteiger partial charge in [0, 0.05) is 25.9 Å². The van der Waals surface area contributed by atoms with Crippen molar-refractivity contribution in [3.05, 3.63) is 154 Å². The van der Waals surface area contributed by atoms with Crippen LogP contribution in [0.2, 0.25) is 0 Å². The van der Waals surface area contributed by atoms with Crippen molar-refractivity contribution in [2.75, 3.05) is 28.2 Å². The standard InChI is InChI=1S/C42H42N4O2/c1-45(2)25-29-7-5-9-31(19-29)27-47-37-15-17-39-35(21-37)23-41(43-39)33-11-13-34(14-12-33)42-24-36-22-38(16-18-40(36)44-42)48-28-32-10-6-8-30(20-32)26-46(3)4/h5-22H,23-28H2,1-4H3. The number of nitrogens with zero attached hydrogens (tertiary/aromatic N) is 4. The summed E-state index contributed by atoms with van der Waals surface area (Å²) in [5.41, 5.74) is 13.8. The summed E-state index contributed by atoms with van der Waals surface area (Å²) in [5.74, 6) is 1.75. The van der Waals surface area contributed by atoms with Crippen molar-refractivity contribution >= 4 is 22.8 Å². The van der Waals surface area contributed by atoms with Crippen molar-refractivity contribution in [2.45, 2.75) is 39.1 Å². The molecule has 0 atom stereocenters. The number of hydrogen-bond acceptors (Lipinski definition) is 6. The van der Waals surface area contributed by atoms with E-state index in [-0.39, 0.29) is 0 Å². The number of rotatable bonds is 12. The van der Waals surface area contributed by atoms with E-state index < -0.39 is 0 Å². The number of hydrogen-bond donors (Lipinski definition) is 0. The number of fused-ring (bicyclic) bond motifs is 2. The number of benzene rings is 5. The van der Waals surface area contributed by atoms with E-state index in [1.54, 1.807) is 0 Å². The molecule has 6 heteroatoms. The van der Waals surface area contributed by atoms with Gasteiger partial charge in [0.2, 0.25) is 0 Å². The molecule has 0 radical (unpaired) electrons. The lowest BCUT2D eigenvalue weighted by molar-refractivity contribution is 0.305. The Morgan fingerprint density at radius 1 is 0.500 bits per heavy atom. The van der Waals surface area contributed by atoms with Crippen molar-refractivity contribution in [3.63, 3.8) is 0 Å². The van der Waals surface area contributed by atoms with E-state index in [9.17, 15) is 0 Å². The average Bonchev–Trinajstić information content (AvgIpc) is 3.70. The fraction of sp³-hybridized carbons (Fsp3) is 0.238. The average molecular weight is 635 g/mol. The largest absolute Gasteiger partial charge is 0.489 e. The van der Waals surface area contributed by atoms with Crippen LogP contribution >= 0.6 is 0 Å². The highest BCUT2D eigenvalue weighted by atomic mass is 16.5. The zero-order chi connectivity index (χ0) is 33.0. The Kier molecular flexibility index (Phi) is 9.19. The molecule has 0 fully saturated rings. The SMILES string of the molecule is CN(C)Cc1cccc(COc2ccc3c(c2)CC(c2ccc(C4=Nc5ccc(OCc6cccc(CN(C)C)c6)cc5C4)cc2)=N3)c1. The molecule has 0 N–H and O–H groups in total. The summed E-state index contributed by atoms with van der Waals surface area (Å²) in [4.78, 5) is 14.3. The van der Waals surface area contributed by atoms with E-state index in [2.05, 4.69) is 135 Å². The fourth-order valence-electron chi connectivity index (χ4n) is 6.42. The maximum atomic E-state index is 6.19.